The van der Waals surface area contributed by atoms with Gasteiger partial charge >= 0.3 is 0 Å². The molecule has 0 bridgehead atoms. The van der Waals surface area contributed by atoms with Crippen molar-refractivity contribution in [2.75, 3.05) is 6.61 Å². The van der Waals surface area contributed by atoms with E-state index in [1.807, 2.05) is 0 Å². The monoisotopic (exact) mass is 296 g/mol. The van der Waals surface area contributed by atoms with Crippen LogP contribution in [0.5, 0.6) is 0 Å². The minimum absolute atomic E-state index is 0.243. The van der Waals surface area contributed by atoms with Crippen LogP contribution in [-0.2, 0) is 9.22 Å². The van der Waals surface area contributed by atoms with Crippen molar-refractivity contribution in [1.82, 2.24) is 0 Å². The highest BCUT2D eigenvalue weighted by Crippen LogP contribution is 2.36. The smallest absolute Gasteiger partial charge is 0.192 e. The average Bonchev–Trinajstić information content (AvgIpc) is 2.33. The highest BCUT2D eigenvalue weighted by Gasteiger charge is 2.36. The Balaban J connectivity index is 2.43. The van der Waals surface area contributed by atoms with Gasteiger partial charge in [0.05, 0.1) is 6.61 Å². The largest absolute Gasteiger partial charge is 0.413 e. The van der Waals surface area contributed by atoms with Crippen molar-refractivity contribution in [3.8, 4) is 0 Å². The Morgan fingerprint density at radius 1 is 1.35 bits per heavy atom. The molecule has 3 heteroatoms. The lowest BCUT2D eigenvalue weighted by molar-refractivity contribution is -0.125. The van der Waals surface area contributed by atoms with Crippen LogP contribution in [0.2, 0.25) is 18.1 Å². The maximum absolute atomic E-state index is 11.9. The lowest BCUT2D eigenvalue weighted by Crippen LogP contribution is -2.40. The van der Waals surface area contributed by atoms with Gasteiger partial charge in [0.15, 0.2) is 8.32 Å². The second-order valence-electron chi connectivity index (χ2n) is 7.68. The molecule has 0 aromatic carbocycles. The van der Waals surface area contributed by atoms with Gasteiger partial charge in [0.2, 0.25) is 0 Å². The van der Waals surface area contributed by atoms with Gasteiger partial charge in [-0.3, -0.25) is 4.79 Å². The summed E-state index contributed by atoms with van der Waals surface area (Å²) in [7, 11) is -1.65. The summed E-state index contributed by atoms with van der Waals surface area (Å²) in [5, 5.41) is 0.256. The number of ketones is 1. The van der Waals surface area contributed by atoms with E-state index in [4.69, 9.17) is 4.43 Å². The third-order valence-corrected chi connectivity index (χ3v) is 9.52. The van der Waals surface area contributed by atoms with Crippen molar-refractivity contribution >= 4 is 14.1 Å². The molecule has 0 aromatic heterocycles. The summed E-state index contributed by atoms with van der Waals surface area (Å²) in [5.74, 6) is 1.05. The molecule has 0 aliphatic heterocycles. The van der Waals surface area contributed by atoms with E-state index in [2.05, 4.69) is 52.9 Å². The Morgan fingerprint density at radius 3 is 2.55 bits per heavy atom. The van der Waals surface area contributed by atoms with Gasteiger partial charge in [-0.25, -0.2) is 0 Å². The molecule has 0 spiro atoms. The van der Waals surface area contributed by atoms with Gasteiger partial charge in [0, 0.05) is 12.3 Å². The SMILES string of the molecule is CC(/C=C/CO[Si](C)(C)C(C)(C)C)C1CCCCC1=O. The Hall–Kier alpha value is -0.413. The van der Waals surface area contributed by atoms with Crippen LogP contribution in [-0.4, -0.2) is 20.7 Å². The Morgan fingerprint density at radius 2 is 2.00 bits per heavy atom. The maximum Gasteiger partial charge on any atom is 0.192 e. The number of carbonyl (C=O) groups is 1. The fourth-order valence-electron chi connectivity index (χ4n) is 2.44. The second kappa shape index (κ2) is 7.03. The number of allylic oxidation sites excluding steroid dienone is 1. The van der Waals surface area contributed by atoms with Crippen molar-refractivity contribution in [3.63, 3.8) is 0 Å². The molecule has 0 saturated heterocycles. The molecular weight excluding hydrogens is 264 g/mol. The molecular formula is C17H32O2Si. The van der Waals surface area contributed by atoms with Crippen LogP contribution < -0.4 is 0 Å². The van der Waals surface area contributed by atoms with Gasteiger partial charge in [0.25, 0.3) is 0 Å². The van der Waals surface area contributed by atoms with Crippen molar-refractivity contribution in [3.05, 3.63) is 12.2 Å². The van der Waals surface area contributed by atoms with E-state index < -0.39 is 8.32 Å². The average molecular weight is 297 g/mol. The van der Waals surface area contributed by atoms with Crippen molar-refractivity contribution in [2.45, 2.75) is 71.5 Å². The van der Waals surface area contributed by atoms with E-state index in [1.165, 1.54) is 6.42 Å². The summed E-state index contributed by atoms with van der Waals surface area (Å²) < 4.78 is 6.13. The molecule has 0 radical (unpaired) electrons. The molecule has 1 aliphatic rings. The molecule has 2 atom stereocenters. The quantitative estimate of drug-likeness (QED) is 0.529. The zero-order chi connectivity index (χ0) is 15.4. The first-order valence-electron chi connectivity index (χ1n) is 7.98. The number of hydrogen-bond donors (Lipinski definition) is 0. The summed E-state index contributed by atoms with van der Waals surface area (Å²) in [6, 6.07) is 0. The van der Waals surface area contributed by atoms with E-state index in [0.717, 1.165) is 19.3 Å². The highest BCUT2D eigenvalue weighted by atomic mass is 28.4. The van der Waals surface area contributed by atoms with E-state index in [1.54, 1.807) is 0 Å². The summed E-state index contributed by atoms with van der Waals surface area (Å²) in [4.78, 5) is 11.9. The number of carbonyl (C=O) groups excluding carboxylic acids is 1. The van der Waals surface area contributed by atoms with E-state index >= 15 is 0 Å². The molecule has 1 fully saturated rings. The summed E-state index contributed by atoms with van der Waals surface area (Å²) >= 11 is 0. The van der Waals surface area contributed by atoms with Crippen LogP contribution in [0, 0.1) is 11.8 Å². The zero-order valence-corrected chi connectivity index (χ0v) is 15.2. The first-order valence-corrected chi connectivity index (χ1v) is 10.9. The fourth-order valence-corrected chi connectivity index (χ4v) is 3.39. The summed E-state index contributed by atoms with van der Waals surface area (Å²) in [6.45, 7) is 14.2. The van der Waals surface area contributed by atoms with Crippen LogP contribution in [0.1, 0.15) is 53.4 Å². The molecule has 20 heavy (non-hydrogen) atoms. The Labute approximate surface area is 126 Å². The van der Waals surface area contributed by atoms with Crippen molar-refractivity contribution < 1.29 is 9.22 Å². The minimum atomic E-state index is -1.65. The van der Waals surface area contributed by atoms with Crippen LogP contribution in [0.15, 0.2) is 12.2 Å². The fraction of sp³-hybridized carbons (Fsp3) is 0.824. The lowest BCUT2D eigenvalue weighted by atomic mass is 9.80. The number of Topliss-reactive ketones (excluding diaryl/α,β-unsaturated/α-hetero) is 1. The first-order chi connectivity index (χ1) is 9.15. The number of rotatable bonds is 5. The topological polar surface area (TPSA) is 26.3 Å². The number of hydrogen-bond acceptors (Lipinski definition) is 2. The van der Waals surface area contributed by atoms with Gasteiger partial charge in [0.1, 0.15) is 5.78 Å². The molecule has 1 rings (SSSR count). The molecule has 1 aliphatic carbocycles. The van der Waals surface area contributed by atoms with Crippen LogP contribution in [0.3, 0.4) is 0 Å². The molecule has 116 valence electrons. The standard InChI is InChI=1S/C17H32O2Si/c1-14(15-11-7-8-12-16(15)18)10-9-13-19-20(5,6)17(2,3)4/h9-10,14-15H,7-8,11-13H2,1-6H3/b10-9+. The molecule has 0 amide bonds. The molecule has 1 saturated carbocycles. The molecule has 0 heterocycles. The lowest BCUT2D eigenvalue weighted by Gasteiger charge is -2.35. The normalized spacial score (nSPS) is 23.3. The Kier molecular flexibility index (Phi) is 6.20. The zero-order valence-electron chi connectivity index (χ0n) is 14.2. The highest BCUT2D eigenvalue weighted by molar-refractivity contribution is 6.74. The third-order valence-electron chi connectivity index (χ3n) is 5.02. The van der Waals surface area contributed by atoms with Gasteiger partial charge in [-0.15, -0.1) is 0 Å². The second-order valence-corrected chi connectivity index (χ2v) is 12.5. The first kappa shape index (κ1) is 17.6. The van der Waals surface area contributed by atoms with Crippen LogP contribution in [0.25, 0.3) is 0 Å². The van der Waals surface area contributed by atoms with Crippen LogP contribution >= 0.6 is 0 Å². The minimum Gasteiger partial charge on any atom is -0.413 e. The van der Waals surface area contributed by atoms with Gasteiger partial charge in [-0.05, 0) is 36.9 Å². The molecule has 2 unspecified atom stereocenters. The van der Waals surface area contributed by atoms with Crippen molar-refractivity contribution in [2.24, 2.45) is 11.8 Å². The van der Waals surface area contributed by atoms with Crippen LogP contribution in [0.4, 0.5) is 0 Å². The Bertz CT molecular complexity index is 352. The summed E-state index contributed by atoms with van der Waals surface area (Å²) in [5.41, 5.74) is 0. The van der Waals surface area contributed by atoms with Gasteiger partial charge in [-0.1, -0.05) is 46.3 Å². The van der Waals surface area contributed by atoms with E-state index in [9.17, 15) is 4.79 Å². The summed E-state index contributed by atoms with van der Waals surface area (Å²) in [6.07, 6.45) is 8.43. The van der Waals surface area contributed by atoms with Crippen molar-refractivity contribution in [1.29, 1.82) is 0 Å². The third kappa shape index (κ3) is 4.85. The van der Waals surface area contributed by atoms with Gasteiger partial charge in [-0.2, -0.15) is 0 Å². The predicted octanol–water partition coefficient (Wildman–Crippen LogP) is 4.96. The molecule has 0 N–H and O–H groups in total. The van der Waals surface area contributed by atoms with E-state index in [0.29, 0.717) is 18.3 Å². The maximum atomic E-state index is 11.9. The van der Waals surface area contributed by atoms with Gasteiger partial charge < -0.3 is 4.43 Å². The molecule has 2 nitrogen and oxygen atoms in total. The molecule has 0 aromatic rings. The van der Waals surface area contributed by atoms with E-state index in [-0.39, 0.29) is 11.0 Å². The predicted molar refractivity (Wildman–Crippen MR) is 88.4 cm³/mol.